The largest absolute Gasteiger partial charge is 0.325 e. The third-order valence-corrected chi connectivity index (χ3v) is 8.87. The van der Waals surface area contributed by atoms with Gasteiger partial charge in [0.25, 0.3) is 20.0 Å². The number of aromatic nitrogens is 1. The van der Waals surface area contributed by atoms with Crippen LogP contribution in [0.2, 0.25) is 10.0 Å². The van der Waals surface area contributed by atoms with E-state index < -0.39 is 32.5 Å². The fourth-order valence-electron chi connectivity index (χ4n) is 3.39. The summed E-state index contributed by atoms with van der Waals surface area (Å²) in [6, 6.07) is 20.4. The molecule has 13 heteroatoms. The maximum Gasteiger partial charge on any atom is 0.264 e. The second kappa shape index (κ2) is 11.4. The minimum atomic E-state index is -4.18. The molecule has 3 aromatic carbocycles. The van der Waals surface area contributed by atoms with Crippen LogP contribution in [0.25, 0.3) is 0 Å². The Bertz CT molecular complexity index is 1650. The Labute approximate surface area is 230 Å². The first-order valence-electron chi connectivity index (χ1n) is 10.9. The van der Waals surface area contributed by atoms with Gasteiger partial charge in [-0.25, -0.2) is 16.8 Å². The molecule has 1 amide bonds. The highest BCUT2D eigenvalue weighted by molar-refractivity contribution is 7.93. The molecule has 1 heterocycles. The lowest BCUT2D eigenvalue weighted by Crippen LogP contribution is -2.38. The van der Waals surface area contributed by atoms with Crippen LogP contribution < -0.4 is 14.3 Å². The van der Waals surface area contributed by atoms with Crippen LogP contribution in [-0.2, 0) is 24.8 Å². The summed E-state index contributed by atoms with van der Waals surface area (Å²) in [6.45, 7) is -0.610. The second-order valence-corrected chi connectivity index (χ2v) is 12.2. The number of sulfonamides is 2. The smallest absolute Gasteiger partial charge is 0.264 e. The molecule has 0 saturated carbocycles. The third kappa shape index (κ3) is 6.43. The van der Waals surface area contributed by atoms with E-state index in [0.29, 0.717) is 10.7 Å². The zero-order valence-corrected chi connectivity index (χ0v) is 22.6. The van der Waals surface area contributed by atoms with E-state index in [9.17, 15) is 21.6 Å². The van der Waals surface area contributed by atoms with Gasteiger partial charge in [0, 0.05) is 16.9 Å². The van der Waals surface area contributed by atoms with Crippen molar-refractivity contribution in [2.24, 2.45) is 0 Å². The molecule has 1 aromatic heterocycles. The number of anilines is 3. The molecule has 9 nitrogen and oxygen atoms in total. The average molecular weight is 591 g/mol. The van der Waals surface area contributed by atoms with Gasteiger partial charge in [0.05, 0.1) is 32.4 Å². The number of carbonyl (C=O) groups excluding carboxylic acids is 1. The molecule has 0 unspecified atom stereocenters. The molecular formula is C25H20Cl2N4O5S2. The predicted molar refractivity (Wildman–Crippen MR) is 148 cm³/mol. The summed E-state index contributed by atoms with van der Waals surface area (Å²) in [4.78, 5) is 16.7. The summed E-state index contributed by atoms with van der Waals surface area (Å²) in [5.74, 6) is -0.681. The van der Waals surface area contributed by atoms with Gasteiger partial charge >= 0.3 is 0 Å². The van der Waals surface area contributed by atoms with E-state index in [1.807, 2.05) is 0 Å². The van der Waals surface area contributed by atoms with Crippen LogP contribution in [0.5, 0.6) is 0 Å². The van der Waals surface area contributed by atoms with Crippen LogP contribution in [0, 0.1) is 0 Å². The average Bonchev–Trinajstić information content (AvgIpc) is 2.89. The third-order valence-electron chi connectivity index (χ3n) is 5.16. The standard InChI is InChI=1S/C25H20Cl2N4O5S2/c26-18-8-13-24(23(27)15-18)31(38(35,36)22-6-2-1-3-7-22)17-25(32)29-19-9-11-21(12-10-19)37(33,34)30-20-5-4-14-28-16-20/h1-16,30H,17H2,(H,29,32). The highest BCUT2D eigenvalue weighted by Gasteiger charge is 2.29. The Hall–Kier alpha value is -3.64. The minimum Gasteiger partial charge on any atom is -0.325 e. The van der Waals surface area contributed by atoms with Crippen LogP contribution in [0.15, 0.2) is 107 Å². The van der Waals surface area contributed by atoms with E-state index in [4.69, 9.17) is 23.2 Å². The molecule has 196 valence electrons. The number of nitrogens with zero attached hydrogens (tertiary/aromatic N) is 2. The number of pyridine rings is 1. The van der Waals surface area contributed by atoms with Crippen LogP contribution in [0.4, 0.5) is 17.1 Å². The first kappa shape index (κ1) is 27.4. The molecule has 0 atom stereocenters. The summed E-state index contributed by atoms with van der Waals surface area (Å²) < 4.78 is 55.4. The molecule has 0 spiro atoms. The zero-order chi connectivity index (χ0) is 27.3. The second-order valence-electron chi connectivity index (χ2n) is 7.84. The number of benzene rings is 3. The van der Waals surface area contributed by atoms with Crippen LogP contribution in [-0.4, -0.2) is 34.3 Å². The van der Waals surface area contributed by atoms with Crippen LogP contribution >= 0.6 is 23.2 Å². The molecule has 4 rings (SSSR count). The van der Waals surface area contributed by atoms with E-state index in [2.05, 4.69) is 15.0 Å². The molecule has 0 aliphatic rings. The van der Waals surface area contributed by atoms with Gasteiger partial charge < -0.3 is 5.32 Å². The van der Waals surface area contributed by atoms with Crippen molar-refractivity contribution in [3.8, 4) is 0 Å². The van der Waals surface area contributed by atoms with Gasteiger partial charge in [-0.05, 0) is 66.7 Å². The van der Waals surface area contributed by atoms with Gasteiger partial charge in [0.1, 0.15) is 6.54 Å². The molecule has 4 aromatic rings. The fraction of sp³-hybridized carbons (Fsp3) is 0.0400. The number of rotatable bonds is 9. The molecule has 0 aliphatic heterocycles. The van der Waals surface area contributed by atoms with Gasteiger partial charge in [-0.2, -0.15) is 0 Å². The van der Waals surface area contributed by atoms with Crippen molar-refractivity contribution in [2.75, 3.05) is 20.9 Å². The van der Waals surface area contributed by atoms with E-state index in [1.54, 1.807) is 30.3 Å². The molecule has 0 bridgehead atoms. The number of amides is 1. The Morgan fingerprint density at radius 1 is 0.816 bits per heavy atom. The number of hydrogen-bond acceptors (Lipinski definition) is 6. The quantitative estimate of drug-likeness (QED) is 0.282. The van der Waals surface area contributed by atoms with Gasteiger partial charge in [0.2, 0.25) is 5.91 Å². The lowest BCUT2D eigenvalue weighted by molar-refractivity contribution is -0.114. The summed E-state index contributed by atoms with van der Waals surface area (Å²) in [7, 11) is -8.07. The van der Waals surface area contributed by atoms with Crippen molar-refractivity contribution in [3.05, 3.63) is 107 Å². The van der Waals surface area contributed by atoms with Crippen molar-refractivity contribution < 1.29 is 21.6 Å². The molecule has 2 N–H and O–H groups in total. The lowest BCUT2D eigenvalue weighted by Gasteiger charge is -2.25. The zero-order valence-electron chi connectivity index (χ0n) is 19.5. The first-order chi connectivity index (χ1) is 18.1. The summed E-state index contributed by atoms with van der Waals surface area (Å²) in [5, 5.41) is 2.93. The Kier molecular flexibility index (Phi) is 8.22. The first-order valence-corrected chi connectivity index (χ1v) is 14.6. The van der Waals surface area contributed by atoms with Crippen molar-refractivity contribution in [1.82, 2.24) is 4.98 Å². The van der Waals surface area contributed by atoms with Gasteiger partial charge in [0.15, 0.2) is 0 Å². The number of nitrogens with one attached hydrogen (secondary N) is 2. The predicted octanol–water partition coefficient (Wildman–Crippen LogP) is 5.02. The van der Waals surface area contributed by atoms with Crippen molar-refractivity contribution in [2.45, 2.75) is 9.79 Å². The molecule has 38 heavy (non-hydrogen) atoms. The molecule has 0 aliphatic carbocycles. The van der Waals surface area contributed by atoms with Crippen molar-refractivity contribution in [3.63, 3.8) is 0 Å². The Balaban J connectivity index is 1.55. The maximum absolute atomic E-state index is 13.4. The van der Waals surface area contributed by atoms with E-state index in [1.165, 1.54) is 67.0 Å². The molecule has 0 fully saturated rings. The topological polar surface area (TPSA) is 126 Å². The van der Waals surface area contributed by atoms with Crippen molar-refractivity contribution in [1.29, 1.82) is 0 Å². The summed E-state index contributed by atoms with van der Waals surface area (Å²) in [6.07, 6.45) is 2.89. The van der Waals surface area contributed by atoms with Crippen LogP contribution in [0.1, 0.15) is 0 Å². The summed E-state index contributed by atoms with van der Waals surface area (Å²) >= 11 is 12.3. The SMILES string of the molecule is O=C(CN(c1ccc(Cl)cc1Cl)S(=O)(=O)c1ccccc1)Nc1ccc(S(=O)(=O)Nc2cccnc2)cc1. The molecule has 0 radical (unpaired) electrons. The molecular weight excluding hydrogens is 571 g/mol. The number of hydrogen-bond donors (Lipinski definition) is 2. The normalized spacial score (nSPS) is 11.5. The number of halogens is 2. The Morgan fingerprint density at radius 3 is 2.16 bits per heavy atom. The van der Waals surface area contributed by atoms with E-state index >= 15 is 0 Å². The lowest BCUT2D eigenvalue weighted by atomic mass is 10.3. The maximum atomic E-state index is 13.4. The fourth-order valence-corrected chi connectivity index (χ4v) is 6.45. The van der Waals surface area contributed by atoms with E-state index in [0.717, 1.165) is 4.31 Å². The van der Waals surface area contributed by atoms with Gasteiger partial charge in [-0.15, -0.1) is 0 Å². The summed E-state index contributed by atoms with van der Waals surface area (Å²) in [5.41, 5.74) is 0.623. The molecule has 0 saturated heterocycles. The van der Waals surface area contributed by atoms with Gasteiger partial charge in [-0.1, -0.05) is 41.4 Å². The van der Waals surface area contributed by atoms with Crippen LogP contribution in [0.3, 0.4) is 0 Å². The van der Waals surface area contributed by atoms with Crippen molar-refractivity contribution >= 4 is 66.2 Å². The monoisotopic (exact) mass is 590 g/mol. The van der Waals surface area contributed by atoms with E-state index in [-0.39, 0.29) is 26.2 Å². The number of carbonyl (C=O) groups is 1. The Morgan fingerprint density at radius 2 is 1.53 bits per heavy atom. The minimum absolute atomic E-state index is 0.0329. The van der Waals surface area contributed by atoms with Gasteiger partial charge in [-0.3, -0.25) is 18.8 Å². The highest BCUT2D eigenvalue weighted by Crippen LogP contribution is 2.32. The highest BCUT2D eigenvalue weighted by atomic mass is 35.5.